The summed E-state index contributed by atoms with van der Waals surface area (Å²) in [6.45, 7) is 6.36. The molecule has 0 bridgehead atoms. The second-order valence-electron chi connectivity index (χ2n) is 15.9. The first-order valence-electron chi connectivity index (χ1n) is 12.5. The predicted octanol–water partition coefficient (Wildman–Crippen LogP) is 6.56. The van der Waals surface area contributed by atoms with Crippen molar-refractivity contribution in [3.63, 3.8) is 0 Å². The maximum absolute atomic E-state index is 4.27. The zero-order valence-electron chi connectivity index (χ0n) is 18.8. The molecule has 10 aliphatic rings. The van der Waals surface area contributed by atoms with Gasteiger partial charge in [0.15, 0.2) is 0 Å². The van der Waals surface area contributed by atoms with E-state index in [0.29, 0.717) is 0 Å². The first kappa shape index (κ1) is 15.3. The molecule has 3 heteroatoms. The Bertz CT molecular complexity index is 1600. The van der Waals surface area contributed by atoms with E-state index in [2.05, 4.69) is 93.7 Å². The van der Waals surface area contributed by atoms with Crippen molar-refractivity contribution >= 4 is 18.5 Å². The van der Waals surface area contributed by atoms with E-state index in [9.17, 15) is 0 Å². The summed E-state index contributed by atoms with van der Waals surface area (Å²) in [6.07, 6.45) is 0. The molecule has 2 aromatic carbocycles. The number of benzene rings is 2. The van der Waals surface area contributed by atoms with Crippen molar-refractivity contribution in [3.8, 4) is 0 Å². The molecule has 0 saturated carbocycles. The molecule has 5 unspecified atom stereocenters. The Morgan fingerprint density at radius 3 is 1.65 bits per heavy atom. The van der Waals surface area contributed by atoms with Gasteiger partial charge in [0.25, 0.3) is 0 Å². The van der Waals surface area contributed by atoms with Crippen LogP contribution in [0, 0.1) is 0 Å². The van der Waals surface area contributed by atoms with Crippen LogP contribution in [0.4, 0.5) is 0 Å². The van der Waals surface area contributed by atoms with Crippen LogP contribution in [0.5, 0.6) is 0 Å². The van der Waals surface area contributed by atoms with Crippen molar-refractivity contribution in [2.24, 2.45) is 0 Å². The Balaban J connectivity index is 1.23. The number of nitrogens with one attached hydrogen (secondary N) is 1. The second-order valence-corrected chi connectivity index (χ2v) is 42.0. The van der Waals surface area contributed by atoms with Crippen molar-refractivity contribution in [1.82, 2.24) is 5.32 Å². The van der Waals surface area contributed by atoms with Crippen LogP contribution >= 0.6 is 7.92 Å². The second kappa shape index (κ2) is 1.97. The van der Waals surface area contributed by atoms with E-state index in [4.69, 9.17) is 0 Å². The molecule has 1 N–H and O–H groups in total. The first-order valence-corrected chi connectivity index (χ1v) is 20.1. The quantitative estimate of drug-likeness (QED) is 0.386. The van der Waals surface area contributed by atoms with Gasteiger partial charge in [-0.1, -0.05) is 0 Å². The topological polar surface area (TPSA) is 12.0 Å². The minimum atomic E-state index is -3.57. The van der Waals surface area contributed by atoms with Crippen LogP contribution in [-0.4, -0.2) is 15.6 Å². The Kier molecular flexibility index (Phi) is 0.973. The average molecular weight is 469 g/mol. The van der Waals surface area contributed by atoms with Crippen LogP contribution in [0.15, 0.2) is 60.7 Å². The Labute approximate surface area is 176 Å². The summed E-state index contributed by atoms with van der Waals surface area (Å²) in [5.41, 5.74) is 0.226. The van der Waals surface area contributed by atoms with Crippen LogP contribution in [0.25, 0.3) is 0 Å². The van der Waals surface area contributed by atoms with Gasteiger partial charge in [-0.2, -0.15) is 0 Å². The van der Waals surface area contributed by atoms with Crippen molar-refractivity contribution in [1.29, 1.82) is 0 Å². The van der Waals surface area contributed by atoms with E-state index in [-0.39, 0.29) is 13.5 Å². The first-order chi connectivity index (χ1) is 14.7. The predicted molar refractivity (Wildman–Crippen MR) is 127 cm³/mol. The number of fused-ring (bicyclic) bond motifs is 10. The van der Waals surface area contributed by atoms with Crippen molar-refractivity contribution in [2.45, 2.75) is 86.2 Å². The van der Waals surface area contributed by atoms with E-state index >= 15 is 0 Å². The molecule has 31 heavy (non-hydrogen) atoms. The van der Waals surface area contributed by atoms with E-state index in [1.807, 2.05) is 0 Å². The molecule has 0 aliphatic carbocycles. The van der Waals surface area contributed by atoms with Gasteiger partial charge in [0, 0.05) is 0 Å². The van der Waals surface area contributed by atoms with Crippen LogP contribution < -0.4 is 15.9 Å². The van der Waals surface area contributed by atoms with Gasteiger partial charge in [0.2, 0.25) is 0 Å². The Morgan fingerprint density at radius 2 is 1.26 bits per heavy atom. The molecule has 10 aliphatic heterocycles. The Hall–Kier alpha value is -0.651. The summed E-state index contributed by atoms with van der Waals surface area (Å²) < 4.78 is 1.61. The molecule has 10 saturated heterocycles. The maximum atomic E-state index is 4.27. The number of hydrogen-bond acceptors (Lipinski definition) is 1. The molecule has 162 valence electrons. The average Bonchev–Trinajstić information content (AvgIpc) is 3.68. The summed E-state index contributed by atoms with van der Waals surface area (Å²) >= 11 is 0. The molecule has 0 aromatic heterocycles. The van der Waals surface area contributed by atoms with E-state index in [1.54, 1.807) is 10.6 Å². The zero-order chi connectivity index (χ0) is 20.5. The van der Waals surface area contributed by atoms with Crippen LogP contribution in [-0.2, 0) is 6.51 Å². The molecule has 1 nitrogen and oxygen atoms in total. The number of rotatable bonds is 5. The van der Waals surface area contributed by atoms with Gasteiger partial charge in [0.05, 0.1) is 0 Å². The number of hydrogen-bond donors (Lipinski definition) is 1. The minimum absolute atomic E-state index is 0.226. The van der Waals surface area contributed by atoms with Gasteiger partial charge in [0.1, 0.15) is 0 Å². The molecular formula is C28H32FeNP. The van der Waals surface area contributed by atoms with Gasteiger partial charge in [-0.15, -0.1) is 0 Å². The third kappa shape index (κ3) is 0.307. The Morgan fingerprint density at radius 1 is 0.774 bits per heavy atom. The summed E-state index contributed by atoms with van der Waals surface area (Å²) in [5, 5.41) is 7.71. The van der Waals surface area contributed by atoms with Gasteiger partial charge in [-0.3, -0.25) is 0 Å². The van der Waals surface area contributed by atoms with Gasteiger partial charge in [-0.05, 0) is 0 Å². The van der Waals surface area contributed by atoms with Gasteiger partial charge >= 0.3 is 177 Å². The monoisotopic (exact) mass is 469 g/mol. The van der Waals surface area contributed by atoms with Crippen LogP contribution in [0.3, 0.4) is 0 Å². The molecule has 6 atom stereocenters. The summed E-state index contributed by atoms with van der Waals surface area (Å²) in [6, 6.07) is 24.7. The molecule has 10 fully saturated rings. The molecule has 0 amide bonds. The van der Waals surface area contributed by atoms with E-state index in [1.165, 1.54) is 38.5 Å². The van der Waals surface area contributed by atoms with Gasteiger partial charge in [-0.25, -0.2) is 0 Å². The van der Waals surface area contributed by atoms with Crippen molar-refractivity contribution < 1.29 is 6.51 Å². The molecule has 1 spiro atoms. The third-order valence-corrected chi connectivity index (χ3v) is 68.7. The normalized spacial score (nSPS) is 74.7. The molecule has 2 aromatic rings. The van der Waals surface area contributed by atoms with Crippen molar-refractivity contribution in [3.05, 3.63) is 60.7 Å². The molecule has 0 radical (unpaired) electrons. The summed E-state index contributed by atoms with van der Waals surface area (Å²) in [7, 11) is -0.231. The summed E-state index contributed by atoms with van der Waals surface area (Å²) in [4.78, 5) is 10.6. The van der Waals surface area contributed by atoms with Crippen molar-refractivity contribution in [2.75, 3.05) is 0 Å². The SMILES string of the molecule is CC(NC(C)(C)C)[C@@]12[CH]3[CH]4[CH]5[C]1(P(c1ccccc1)c1ccccc1)[Fe]45321678[CH]2[CH]1[CH]6[CH]7[CH]28. The standard InChI is InChI=1S/C23H27NP.C5H5.Fe/c1-18(24-23(2,3)4)21-16-11-17-22(21)25(19-12-7-5-8-13-19)20-14-9-6-10-15-20;1-2-4-5-3-1;/h5-18,24H,1-4H3;1-5H;. The fourth-order valence-corrected chi connectivity index (χ4v) is 113. The van der Waals surface area contributed by atoms with E-state index < -0.39 is 6.51 Å². The fourth-order valence-electron chi connectivity index (χ4n) is 20.9. The third-order valence-electron chi connectivity index (χ3n) is 18.5. The summed E-state index contributed by atoms with van der Waals surface area (Å²) in [5.74, 6) is 0. The molecule has 10 heterocycles. The molecular weight excluding hydrogens is 437 g/mol. The van der Waals surface area contributed by atoms with Crippen LogP contribution in [0.1, 0.15) is 27.7 Å². The zero-order valence-corrected chi connectivity index (χ0v) is 20.8. The molecule has 12 rings (SSSR count). The fraction of sp³-hybridized carbons (Fsp3) is 0.571. The van der Waals surface area contributed by atoms with E-state index in [0.717, 1.165) is 14.4 Å². The van der Waals surface area contributed by atoms with Gasteiger partial charge < -0.3 is 0 Å². The van der Waals surface area contributed by atoms with Crippen LogP contribution in [0.2, 0.25) is 42.8 Å².